The summed E-state index contributed by atoms with van der Waals surface area (Å²) in [4.78, 5) is 11.3. The summed E-state index contributed by atoms with van der Waals surface area (Å²) in [6.07, 6.45) is 4.84. The summed E-state index contributed by atoms with van der Waals surface area (Å²) in [5, 5.41) is 0. The van der Waals surface area contributed by atoms with E-state index >= 15 is 0 Å². The predicted octanol–water partition coefficient (Wildman–Crippen LogP) is 3.05. The van der Waals surface area contributed by atoms with Gasteiger partial charge in [0.1, 0.15) is 6.10 Å². The maximum Gasteiger partial charge on any atom is 0.245 e. The molecule has 0 fully saturated rings. The van der Waals surface area contributed by atoms with Crippen LogP contribution in [-0.4, -0.2) is 20.3 Å². The number of unbranched alkanes of at least 4 members (excludes halogenated alkanes) is 2. The van der Waals surface area contributed by atoms with Crippen molar-refractivity contribution < 1.29 is 9.22 Å². The molecule has 0 rings (SSSR count). The molecule has 0 spiro atoms. The molecule has 16 heavy (non-hydrogen) atoms. The lowest BCUT2D eigenvalue weighted by Gasteiger charge is -2.27. The monoisotopic (exact) mass is 245 g/mol. The molecule has 0 aromatic carbocycles. The van der Waals surface area contributed by atoms with Crippen molar-refractivity contribution in [3.05, 3.63) is 0 Å². The van der Waals surface area contributed by atoms with Crippen LogP contribution in [0.2, 0.25) is 19.1 Å². The predicted molar refractivity (Wildman–Crippen MR) is 70.8 cm³/mol. The highest BCUT2D eigenvalue weighted by molar-refractivity contribution is 6.71. The fourth-order valence-electron chi connectivity index (χ4n) is 1.70. The standard InChI is InChI=1S/C12H27NO2Si/c1-5-7-9-11(12(13)14)15-16(3,4)10-8-6-2/h11H,5-10H2,1-4H3,(H2,13,14). The Balaban J connectivity index is 4.19. The Morgan fingerprint density at radius 3 is 2.25 bits per heavy atom. The molecule has 2 N–H and O–H groups in total. The molecular weight excluding hydrogens is 218 g/mol. The van der Waals surface area contributed by atoms with Crippen LogP contribution in [0.25, 0.3) is 0 Å². The summed E-state index contributed by atoms with van der Waals surface area (Å²) >= 11 is 0. The van der Waals surface area contributed by atoms with Gasteiger partial charge in [-0.15, -0.1) is 0 Å². The van der Waals surface area contributed by atoms with Crippen LogP contribution in [0.5, 0.6) is 0 Å². The van der Waals surface area contributed by atoms with E-state index in [-0.39, 0.29) is 12.0 Å². The summed E-state index contributed by atoms with van der Waals surface area (Å²) in [6.45, 7) is 8.62. The fraction of sp³-hybridized carbons (Fsp3) is 0.917. The van der Waals surface area contributed by atoms with Crippen molar-refractivity contribution in [3.63, 3.8) is 0 Å². The number of carbonyl (C=O) groups excluding carboxylic acids is 1. The van der Waals surface area contributed by atoms with Gasteiger partial charge in [0, 0.05) is 0 Å². The van der Waals surface area contributed by atoms with Gasteiger partial charge in [0.05, 0.1) is 0 Å². The van der Waals surface area contributed by atoms with E-state index in [2.05, 4.69) is 26.9 Å². The molecule has 3 nitrogen and oxygen atoms in total. The van der Waals surface area contributed by atoms with Gasteiger partial charge in [-0.1, -0.05) is 39.5 Å². The molecule has 0 aliphatic rings. The normalized spacial score (nSPS) is 13.8. The van der Waals surface area contributed by atoms with Crippen LogP contribution in [0.1, 0.15) is 46.0 Å². The zero-order valence-corrected chi connectivity index (χ0v) is 12.2. The second kappa shape index (κ2) is 7.85. The van der Waals surface area contributed by atoms with Crippen molar-refractivity contribution in [1.29, 1.82) is 0 Å². The first-order valence-corrected chi connectivity index (χ1v) is 9.51. The summed E-state index contributed by atoms with van der Waals surface area (Å²) in [6, 6.07) is 1.11. The first kappa shape index (κ1) is 15.6. The minimum absolute atomic E-state index is 0.300. The minimum atomic E-state index is -1.70. The molecule has 4 heteroatoms. The quantitative estimate of drug-likeness (QED) is 0.635. The van der Waals surface area contributed by atoms with Gasteiger partial charge in [0.25, 0.3) is 0 Å². The average molecular weight is 245 g/mol. The molecule has 0 aromatic heterocycles. The molecular formula is C12H27NO2Si. The average Bonchev–Trinajstić information content (AvgIpc) is 2.21. The highest BCUT2D eigenvalue weighted by Gasteiger charge is 2.28. The van der Waals surface area contributed by atoms with Crippen LogP contribution in [0.15, 0.2) is 0 Å². The molecule has 0 aromatic rings. The number of nitrogens with two attached hydrogens (primary N) is 1. The topological polar surface area (TPSA) is 52.3 Å². The first-order valence-electron chi connectivity index (χ1n) is 6.40. The van der Waals surface area contributed by atoms with Crippen LogP contribution >= 0.6 is 0 Å². The van der Waals surface area contributed by atoms with Crippen LogP contribution in [0.4, 0.5) is 0 Å². The SMILES string of the molecule is CCCCC(O[Si](C)(C)CCCC)C(N)=O. The Hall–Kier alpha value is -0.353. The molecule has 0 heterocycles. The number of hydrogen-bond donors (Lipinski definition) is 1. The zero-order valence-electron chi connectivity index (χ0n) is 11.2. The molecule has 1 atom stereocenters. The Morgan fingerprint density at radius 1 is 1.25 bits per heavy atom. The Kier molecular flexibility index (Phi) is 7.67. The molecule has 1 amide bonds. The maximum atomic E-state index is 11.3. The van der Waals surface area contributed by atoms with Crippen molar-refractivity contribution in [2.45, 2.75) is 71.2 Å². The van der Waals surface area contributed by atoms with Crippen molar-refractivity contribution in [3.8, 4) is 0 Å². The van der Waals surface area contributed by atoms with Gasteiger partial charge >= 0.3 is 0 Å². The van der Waals surface area contributed by atoms with E-state index in [1.807, 2.05) is 0 Å². The highest BCUT2D eigenvalue weighted by atomic mass is 28.4. The lowest BCUT2D eigenvalue weighted by molar-refractivity contribution is -0.125. The van der Waals surface area contributed by atoms with Crippen LogP contribution in [0, 0.1) is 0 Å². The Labute approximate surface area is 101 Å². The highest BCUT2D eigenvalue weighted by Crippen LogP contribution is 2.19. The third-order valence-electron chi connectivity index (χ3n) is 2.73. The number of amides is 1. The molecule has 0 bridgehead atoms. The van der Waals surface area contributed by atoms with E-state index in [1.54, 1.807) is 0 Å². The van der Waals surface area contributed by atoms with E-state index < -0.39 is 8.32 Å². The fourth-order valence-corrected chi connectivity index (χ4v) is 4.02. The molecule has 0 aliphatic heterocycles. The smallest absolute Gasteiger partial charge is 0.245 e. The van der Waals surface area contributed by atoms with Gasteiger partial charge in [-0.2, -0.15) is 0 Å². The molecule has 96 valence electrons. The molecule has 0 aliphatic carbocycles. The maximum absolute atomic E-state index is 11.3. The third-order valence-corrected chi connectivity index (χ3v) is 5.21. The van der Waals surface area contributed by atoms with Gasteiger partial charge in [0.2, 0.25) is 5.91 Å². The van der Waals surface area contributed by atoms with Crippen molar-refractivity contribution >= 4 is 14.2 Å². The van der Waals surface area contributed by atoms with E-state index in [1.165, 1.54) is 12.8 Å². The van der Waals surface area contributed by atoms with Gasteiger partial charge < -0.3 is 10.2 Å². The van der Waals surface area contributed by atoms with Gasteiger partial charge in [-0.25, -0.2) is 0 Å². The number of rotatable bonds is 9. The molecule has 0 radical (unpaired) electrons. The Morgan fingerprint density at radius 2 is 1.81 bits per heavy atom. The minimum Gasteiger partial charge on any atom is -0.405 e. The lowest BCUT2D eigenvalue weighted by atomic mass is 10.1. The number of carbonyl (C=O) groups is 1. The van der Waals surface area contributed by atoms with E-state index in [9.17, 15) is 4.79 Å². The number of primary amides is 1. The first-order chi connectivity index (χ1) is 7.43. The number of hydrogen-bond acceptors (Lipinski definition) is 2. The van der Waals surface area contributed by atoms with Crippen molar-refractivity contribution in [2.24, 2.45) is 5.73 Å². The second-order valence-corrected chi connectivity index (χ2v) is 9.27. The van der Waals surface area contributed by atoms with E-state index in [4.69, 9.17) is 10.2 Å². The summed E-state index contributed by atoms with van der Waals surface area (Å²) in [5.74, 6) is -0.300. The molecule has 0 saturated carbocycles. The van der Waals surface area contributed by atoms with E-state index in [0.717, 1.165) is 25.3 Å². The van der Waals surface area contributed by atoms with Crippen LogP contribution in [-0.2, 0) is 9.22 Å². The molecule has 1 unspecified atom stereocenters. The second-order valence-electron chi connectivity index (χ2n) is 5.01. The largest absolute Gasteiger partial charge is 0.405 e. The van der Waals surface area contributed by atoms with Crippen LogP contribution in [0.3, 0.4) is 0 Å². The summed E-state index contributed by atoms with van der Waals surface area (Å²) in [7, 11) is -1.70. The summed E-state index contributed by atoms with van der Waals surface area (Å²) in [5.41, 5.74) is 5.37. The third kappa shape index (κ3) is 7.01. The lowest BCUT2D eigenvalue weighted by Crippen LogP contribution is -2.41. The van der Waals surface area contributed by atoms with Gasteiger partial charge in [-0.05, 0) is 25.6 Å². The van der Waals surface area contributed by atoms with Gasteiger partial charge in [0.15, 0.2) is 8.32 Å². The van der Waals surface area contributed by atoms with Gasteiger partial charge in [-0.3, -0.25) is 4.79 Å². The molecule has 0 saturated heterocycles. The van der Waals surface area contributed by atoms with E-state index in [0.29, 0.717) is 0 Å². The van der Waals surface area contributed by atoms with Crippen molar-refractivity contribution in [2.75, 3.05) is 0 Å². The zero-order chi connectivity index (χ0) is 12.6. The summed E-state index contributed by atoms with van der Waals surface area (Å²) < 4.78 is 5.97. The Bertz CT molecular complexity index is 207. The van der Waals surface area contributed by atoms with Crippen molar-refractivity contribution in [1.82, 2.24) is 0 Å². The van der Waals surface area contributed by atoms with Crippen LogP contribution < -0.4 is 5.73 Å².